The van der Waals surface area contributed by atoms with Gasteiger partial charge in [0.1, 0.15) is 18.6 Å². The second kappa shape index (κ2) is 12.1. The van der Waals surface area contributed by atoms with Gasteiger partial charge in [0.25, 0.3) is 0 Å². The monoisotopic (exact) mass is 549 g/mol. The van der Waals surface area contributed by atoms with Crippen molar-refractivity contribution in [2.75, 3.05) is 24.5 Å². The summed E-state index contributed by atoms with van der Waals surface area (Å²) in [5.74, 6) is -0.198. The third kappa shape index (κ3) is 6.29. The largest absolute Gasteiger partial charge is 0.488 e. The number of piperidine rings is 2. The minimum Gasteiger partial charge on any atom is -0.488 e. The minimum absolute atomic E-state index is 0.131. The molecule has 3 atom stereocenters. The number of carboxylic acid groups (broad SMARTS) is 1. The molecule has 3 aromatic rings. The number of ether oxygens (including phenoxy) is 1. The van der Waals surface area contributed by atoms with Crippen LogP contribution in [0.25, 0.3) is 11.3 Å². The Morgan fingerprint density at radius 1 is 1.13 bits per heavy atom. The minimum atomic E-state index is -0.703. The van der Waals surface area contributed by atoms with E-state index in [4.69, 9.17) is 9.72 Å². The van der Waals surface area contributed by atoms with Gasteiger partial charge >= 0.3 is 5.97 Å². The van der Waals surface area contributed by atoms with Crippen molar-refractivity contribution in [2.45, 2.75) is 71.8 Å². The molecule has 8 heteroatoms. The van der Waals surface area contributed by atoms with Crippen LogP contribution in [0.4, 0.5) is 5.13 Å². The number of anilines is 1. The van der Waals surface area contributed by atoms with Crippen LogP contribution >= 0.6 is 11.3 Å². The lowest BCUT2D eigenvalue weighted by Crippen LogP contribution is -2.42. The van der Waals surface area contributed by atoms with Gasteiger partial charge in [-0.3, -0.25) is 9.69 Å². The standard InChI is InChI=1S/C31H39N3O4S/c1-20-7-10-28(38-18-25-9-8-23(16-21(25)2)29(35)33-12-5-4-6-13-33)26(15-20)27-19-39-31(32-27)34-14-11-24(30(36)37)17-22(34)3/h7-10,15-16,19,22,24,29,35H,4-6,11-14,17-18H2,1-3H3,(H,36,37). The molecule has 3 heterocycles. The van der Waals surface area contributed by atoms with Crippen LogP contribution in [0.3, 0.4) is 0 Å². The first-order valence-electron chi connectivity index (χ1n) is 14.0. The van der Waals surface area contributed by atoms with Gasteiger partial charge in [-0.15, -0.1) is 11.3 Å². The summed E-state index contributed by atoms with van der Waals surface area (Å²) in [5, 5.41) is 23.3. The van der Waals surface area contributed by atoms with E-state index in [0.29, 0.717) is 26.0 Å². The van der Waals surface area contributed by atoms with Crippen LogP contribution < -0.4 is 9.64 Å². The van der Waals surface area contributed by atoms with E-state index >= 15 is 0 Å². The van der Waals surface area contributed by atoms with Gasteiger partial charge in [0.2, 0.25) is 0 Å². The molecular weight excluding hydrogens is 510 g/mol. The van der Waals surface area contributed by atoms with Gasteiger partial charge < -0.3 is 19.8 Å². The Balaban J connectivity index is 1.29. The molecule has 2 saturated heterocycles. The highest BCUT2D eigenvalue weighted by molar-refractivity contribution is 7.14. The van der Waals surface area contributed by atoms with Crippen LogP contribution in [-0.4, -0.2) is 51.7 Å². The van der Waals surface area contributed by atoms with Gasteiger partial charge in [-0.25, -0.2) is 4.98 Å². The van der Waals surface area contributed by atoms with Crippen molar-refractivity contribution in [2.24, 2.45) is 5.92 Å². The molecule has 39 heavy (non-hydrogen) atoms. The zero-order chi connectivity index (χ0) is 27.5. The van der Waals surface area contributed by atoms with E-state index in [0.717, 1.165) is 70.3 Å². The molecule has 3 unspecified atom stereocenters. The highest BCUT2D eigenvalue weighted by Crippen LogP contribution is 2.37. The maximum absolute atomic E-state index is 11.4. The van der Waals surface area contributed by atoms with Crippen molar-refractivity contribution in [3.63, 3.8) is 0 Å². The highest BCUT2D eigenvalue weighted by Gasteiger charge is 2.31. The predicted octanol–water partition coefficient (Wildman–Crippen LogP) is 6.17. The number of carboxylic acids is 1. The van der Waals surface area contributed by atoms with E-state index in [1.54, 1.807) is 11.3 Å². The molecule has 1 aromatic heterocycles. The number of likely N-dealkylation sites (tertiary alicyclic amines) is 1. The molecule has 2 aliphatic heterocycles. The van der Waals surface area contributed by atoms with Crippen LogP contribution in [0.1, 0.15) is 67.5 Å². The van der Waals surface area contributed by atoms with Crippen molar-refractivity contribution in [3.05, 3.63) is 64.0 Å². The van der Waals surface area contributed by atoms with E-state index in [2.05, 4.69) is 60.2 Å². The first-order chi connectivity index (χ1) is 18.8. The number of thiazole rings is 1. The van der Waals surface area contributed by atoms with E-state index in [-0.39, 0.29) is 12.0 Å². The number of carbonyl (C=O) groups is 1. The quantitative estimate of drug-likeness (QED) is 0.347. The number of benzene rings is 2. The van der Waals surface area contributed by atoms with Gasteiger partial charge in [-0.1, -0.05) is 36.2 Å². The molecule has 208 valence electrons. The van der Waals surface area contributed by atoms with Crippen LogP contribution in [-0.2, 0) is 11.4 Å². The number of aliphatic carboxylic acids is 1. The summed E-state index contributed by atoms with van der Waals surface area (Å²) in [4.78, 5) is 20.8. The smallest absolute Gasteiger partial charge is 0.306 e. The summed E-state index contributed by atoms with van der Waals surface area (Å²) in [6, 6.07) is 12.5. The SMILES string of the molecule is Cc1ccc(OCc2ccc(C(O)N3CCCCC3)cc2C)c(-c2csc(N3CCC(C(=O)O)CC3C)n2)c1. The van der Waals surface area contributed by atoms with E-state index in [1.807, 2.05) is 12.1 Å². The predicted molar refractivity (Wildman–Crippen MR) is 155 cm³/mol. The second-order valence-electron chi connectivity index (χ2n) is 11.1. The van der Waals surface area contributed by atoms with Crippen molar-refractivity contribution in [1.82, 2.24) is 9.88 Å². The fraction of sp³-hybridized carbons (Fsp3) is 0.484. The zero-order valence-electron chi connectivity index (χ0n) is 23.1. The number of aliphatic hydroxyl groups excluding tert-OH is 1. The summed E-state index contributed by atoms with van der Waals surface area (Å²) < 4.78 is 6.36. The van der Waals surface area contributed by atoms with Crippen molar-refractivity contribution in [3.8, 4) is 17.0 Å². The molecule has 2 fully saturated rings. The van der Waals surface area contributed by atoms with Gasteiger partial charge in [0.05, 0.1) is 11.6 Å². The molecule has 7 nitrogen and oxygen atoms in total. The molecule has 2 N–H and O–H groups in total. The van der Waals surface area contributed by atoms with Crippen LogP contribution in [0.2, 0.25) is 0 Å². The van der Waals surface area contributed by atoms with Crippen molar-refractivity contribution in [1.29, 1.82) is 0 Å². The Morgan fingerprint density at radius 2 is 1.92 bits per heavy atom. The second-order valence-corrected chi connectivity index (χ2v) is 11.9. The molecule has 0 saturated carbocycles. The highest BCUT2D eigenvalue weighted by atomic mass is 32.1. The Morgan fingerprint density at radius 3 is 2.64 bits per heavy atom. The molecule has 0 aliphatic carbocycles. The lowest BCUT2D eigenvalue weighted by molar-refractivity contribution is -0.142. The average molecular weight is 550 g/mol. The number of hydrogen-bond acceptors (Lipinski definition) is 7. The maximum Gasteiger partial charge on any atom is 0.306 e. The molecule has 2 aromatic carbocycles. The zero-order valence-corrected chi connectivity index (χ0v) is 23.9. The normalized spacial score (nSPS) is 21.1. The molecule has 0 spiro atoms. The van der Waals surface area contributed by atoms with Crippen molar-refractivity contribution >= 4 is 22.4 Å². The van der Waals surface area contributed by atoms with Gasteiger partial charge in [-0.05, 0) is 75.3 Å². The summed E-state index contributed by atoms with van der Waals surface area (Å²) >= 11 is 1.60. The van der Waals surface area contributed by atoms with Crippen LogP contribution in [0.5, 0.6) is 5.75 Å². The Labute approximate surface area is 235 Å². The fourth-order valence-electron chi connectivity index (χ4n) is 5.74. The van der Waals surface area contributed by atoms with E-state index < -0.39 is 12.2 Å². The Kier molecular flexibility index (Phi) is 8.54. The number of aromatic nitrogens is 1. The first kappa shape index (κ1) is 27.6. The molecule has 0 bridgehead atoms. The molecule has 0 amide bonds. The van der Waals surface area contributed by atoms with Gasteiger partial charge in [0.15, 0.2) is 5.13 Å². The topological polar surface area (TPSA) is 86.1 Å². The third-order valence-electron chi connectivity index (χ3n) is 8.16. The lowest BCUT2D eigenvalue weighted by atomic mass is 9.92. The molecule has 5 rings (SSSR count). The Hall–Kier alpha value is -2.94. The molecule has 0 radical (unpaired) electrons. The average Bonchev–Trinajstić information content (AvgIpc) is 3.42. The van der Waals surface area contributed by atoms with Crippen LogP contribution in [0.15, 0.2) is 41.8 Å². The lowest BCUT2D eigenvalue weighted by Gasteiger charge is -2.36. The summed E-state index contributed by atoms with van der Waals surface area (Å²) in [6.45, 7) is 9.23. The van der Waals surface area contributed by atoms with Crippen molar-refractivity contribution < 1.29 is 19.7 Å². The maximum atomic E-state index is 11.4. The third-order valence-corrected chi connectivity index (χ3v) is 9.04. The van der Waals surface area contributed by atoms with Gasteiger partial charge in [0, 0.05) is 36.6 Å². The van der Waals surface area contributed by atoms with E-state index in [9.17, 15) is 15.0 Å². The number of nitrogens with zero attached hydrogens (tertiary/aromatic N) is 3. The summed E-state index contributed by atoms with van der Waals surface area (Å²) in [5.41, 5.74) is 6.09. The molecular formula is C31H39N3O4S. The fourth-order valence-corrected chi connectivity index (χ4v) is 6.70. The first-order valence-corrected chi connectivity index (χ1v) is 14.9. The summed E-state index contributed by atoms with van der Waals surface area (Å²) in [6.07, 6.45) is 4.25. The summed E-state index contributed by atoms with van der Waals surface area (Å²) in [7, 11) is 0. The number of rotatable bonds is 8. The Bertz CT molecular complexity index is 1300. The van der Waals surface area contributed by atoms with Crippen LogP contribution in [0, 0.1) is 19.8 Å². The number of aryl methyl sites for hydroxylation is 2. The number of aliphatic hydroxyl groups is 1. The van der Waals surface area contributed by atoms with E-state index in [1.165, 1.54) is 6.42 Å². The number of hydrogen-bond donors (Lipinski definition) is 2. The van der Waals surface area contributed by atoms with Gasteiger partial charge in [-0.2, -0.15) is 0 Å². The molecule has 2 aliphatic rings.